The molecule has 2 N–H and O–H groups in total. The Labute approximate surface area is 152 Å². The van der Waals surface area contributed by atoms with Gasteiger partial charge in [-0.15, -0.1) is 5.10 Å². The SMILES string of the molecule is CCc1nc(OC(CCC(N)=O)C2CC2)nn1-c1ccc(Cl)c(C)c1. The van der Waals surface area contributed by atoms with E-state index < -0.39 is 0 Å². The molecule has 1 aliphatic carbocycles. The number of aryl methyl sites for hydroxylation is 2. The fourth-order valence-electron chi connectivity index (χ4n) is 2.85. The van der Waals surface area contributed by atoms with Crippen LogP contribution in [0.5, 0.6) is 6.01 Å². The Morgan fingerprint density at radius 1 is 1.48 bits per heavy atom. The number of hydrogen-bond acceptors (Lipinski definition) is 4. The number of carbonyl (C=O) groups excluding carboxylic acids is 1. The number of hydrogen-bond donors (Lipinski definition) is 1. The Bertz CT molecular complexity index is 770. The molecule has 1 fully saturated rings. The maximum atomic E-state index is 11.1. The van der Waals surface area contributed by atoms with E-state index in [0.717, 1.165) is 41.4 Å². The predicted octanol–water partition coefficient (Wildman–Crippen LogP) is 3.21. The zero-order chi connectivity index (χ0) is 18.0. The minimum absolute atomic E-state index is 0.0555. The molecule has 7 heteroatoms. The topological polar surface area (TPSA) is 83.0 Å². The van der Waals surface area contributed by atoms with Crippen LogP contribution < -0.4 is 10.5 Å². The van der Waals surface area contributed by atoms with Crippen LogP contribution in [-0.4, -0.2) is 26.8 Å². The molecule has 3 rings (SSSR count). The molecule has 134 valence electrons. The van der Waals surface area contributed by atoms with Gasteiger partial charge in [-0.3, -0.25) is 4.79 Å². The van der Waals surface area contributed by atoms with Crippen LogP contribution in [0, 0.1) is 12.8 Å². The van der Waals surface area contributed by atoms with Crippen LogP contribution in [0.1, 0.15) is 44.0 Å². The van der Waals surface area contributed by atoms with E-state index in [2.05, 4.69) is 10.1 Å². The number of nitrogens with zero attached hydrogens (tertiary/aromatic N) is 3. The summed E-state index contributed by atoms with van der Waals surface area (Å²) >= 11 is 6.11. The Morgan fingerprint density at radius 3 is 2.84 bits per heavy atom. The highest BCUT2D eigenvalue weighted by Crippen LogP contribution is 2.36. The fourth-order valence-corrected chi connectivity index (χ4v) is 2.97. The summed E-state index contributed by atoms with van der Waals surface area (Å²) in [6.07, 6.45) is 3.82. The van der Waals surface area contributed by atoms with E-state index in [0.29, 0.717) is 24.8 Å². The lowest BCUT2D eigenvalue weighted by atomic mass is 10.1. The van der Waals surface area contributed by atoms with Crippen LogP contribution in [0.25, 0.3) is 5.69 Å². The van der Waals surface area contributed by atoms with Crippen molar-refractivity contribution in [3.63, 3.8) is 0 Å². The minimum atomic E-state index is -0.307. The number of nitrogens with two attached hydrogens (primary N) is 1. The molecule has 1 amide bonds. The first-order valence-electron chi connectivity index (χ1n) is 8.65. The molecule has 25 heavy (non-hydrogen) atoms. The number of benzene rings is 1. The molecule has 1 aliphatic rings. The number of halogens is 1. The lowest BCUT2D eigenvalue weighted by molar-refractivity contribution is -0.118. The average Bonchev–Trinajstić information content (AvgIpc) is 3.34. The van der Waals surface area contributed by atoms with Crippen molar-refractivity contribution in [3.05, 3.63) is 34.6 Å². The standard InChI is InChI=1S/C18H23ClN4O2/c1-3-17-21-18(25-15(12-4-5-12)8-9-16(20)24)22-23(17)13-6-7-14(19)11(2)10-13/h6-7,10,12,15H,3-5,8-9H2,1-2H3,(H2,20,24). The zero-order valence-corrected chi connectivity index (χ0v) is 15.3. The van der Waals surface area contributed by atoms with Gasteiger partial charge in [0.05, 0.1) is 5.69 Å². The molecule has 1 aromatic carbocycles. The molecule has 0 aliphatic heterocycles. The molecule has 0 spiro atoms. The van der Waals surface area contributed by atoms with Crippen molar-refractivity contribution in [2.75, 3.05) is 0 Å². The highest BCUT2D eigenvalue weighted by atomic mass is 35.5. The summed E-state index contributed by atoms with van der Waals surface area (Å²) in [6.45, 7) is 3.98. The van der Waals surface area contributed by atoms with E-state index in [1.165, 1.54) is 0 Å². The number of aromatic nitrogens is 3. The van der Waals surface area contributed by atoms with Gasteiger partial charge in [-0.2, -0.15) is 4.98 Å². The maximum Gasteiger partial charge on any atom is 0.336 e. The van der Waals surface area contributed by atoms with Gasteiger partial charge in [-0.05, 0) is 55.9 Å². The van der Waals surface area contributed by atoms with Gasteiger partial charge in [0.2, 0.25) is 5.91 Å². The number of primary amides is 1. The third-order valence-corrected chi connectivity index (χ3v) is 4.86. The van der Waals surface area contributed by atoms with Crippen molar-refractivity contribution < 1.29 is 9.53 Å². The summed E-state index contributed by atoms with van der Waals surface area (Å²) in [4.78, 5) is 15.6. The summed E-state index contributed by atoms with van der Waals surface area (Å²) < 4.78 is 7.80. The third kappa shape index (κ3) is 4.31. The van der Waals surface area contributed by atoms with Crippen molar-refractivity contribution in [2.24, 2.45) is 11.7 Å². The third-order valence-electron chi connectivity index (χ3n) is 4.44. The fraction of sp³-hybridized carbons (Fsp3) is 0.500. The van der Waals surface area contributed by atoms with Crippen LogP contribution >= 0.6 is 11.6 Å². The van der Waals surface area contributed by atoms with E-state index in [1.807, 2.05) is 32.0 Å². The van der Waals surface area contributed by atoms with E-state index >= 15 is 0 Å². The van der Waals surface area contributed by atoms with Crippen molar-refractivity contribution >= 4 is 17.5 Å². The zero-order valence-electron chi connectivity index (χ0n) is 14.5. The van der Waals surface area contributed by atoms with Gasteiger partial charge >= 0.3 is 6.01 Å². The molecule has 1 aromatic heterocycles. The number of rotatable bonds is 8. The Kier molecular flexibility index (Phi) is 5.27. The van der Waals surface area contributed by atoms with Gasteiger partial charge in [0.1, 0.15) is 11.9 Å². The number of ether oxygens (including phenoxy) is 1. The van der Waals surface area contributed by atoms with Gasteiger partial charge in [-0.25, -0.2) is 4.68 Å². The molecule has 1 unspecified atom stereocenters. The van der Waals surface area contributed by atoms with E-state index in [9.17, 15) is 4.79 Å². The van der Waals surface area contributed by atoms with E-state index in [1.54, 1.807) is 4.68 Å². The van der Waals surface area contributed by atoms with E-state index in [-0.39, 0.29) is 12.0 Å². The summed E-state index contributed by atoms with van der Waals surface area (Å²) in [5, 5.41) is 5.24. The molecular formula is C18H23ClN4O2. The van der Waals surface area contributed by atoms with Gasteiger partial charge in [0.15, 0.2) is 0 Å². The second-order valence-corrected chi connectivity index (χ2v) is 6.92. The number of carbonyl (C=O) groups is 1. The lowest BCUT2D eigenvalue weighted by Gasteiger charge is -2.15. The predicted molar refractivity (Wildman–Crippen MR) is 96.1 cm³/mol. The molecule has 6 nitrogen and oxygen atoms in total. The first-order valence-corrected chi connectivity index (χ1v) is 9.03. The molecule has 0 radical (unpaired) electrons. The van der Waals surface area contributed by atoms with Crippen LogP contribution in [0.4, 0.5) is 0 Å². The monoisotopic (exact) mass is 362 g/mol. The van der Waals surface area contributed by atoms with Crippen molar-refractivity contribution in [2.45, 2.75) is 52.1 Å². The molecule has 1 heterocycles. The Balaban J connectivity index is 1.81. The first kappa shape index (κ1) is 17.7. The summed E-state index contributed by atoms with van der Waals surface area (Å²) in [7, 11) is 0. The van der Waals surface area contributed by atoms with Crippen LogP contribution in [0.3, 0.4) is 0 Å². The van der Waals surface area contributed by atoms with Gasteiger partial charge in [0, 0.05) is 17.9 Å². The Hall–Kier alpha value is -2.08. The minimum Gasteiger partial charge on any atom is -0.459 e. The molecular weight excluding hydrogens is 340 g/mol. The molecule has 0 bridgehead atoms. The van der Waals surface area contributed by atoms with Gasteiger partial charge in [0.25, 0.3) is 0 Å². The van der Waals surface area contributed by atoms with Gasteiger partial charge < -0.3 is 10.5 Å². The summed E-state index contributed by atoms with van der Waals surface area (Å²) in [5.41, 5.74) is 7.15. The summed E-state index contributed by atoms with van der Waals surface area (Å²) in [5.74, 6) is 0.981. The van der Waals surface area contributed by atoms with Crippen molar-refractivity contribution in [1.29, 1.82) is 0 Å². The largest absolute Gasteiger partial charge is 0.459 e. The number of amides is 1. The average molecular weight is 363 g/mol. The van der Waals surface area contributed by atoms with Crippen LogP contribution in [0.2, 0.25) is 5.02 Å². The highest BCUT2D eigenvalue weighted by molar-refractivity contribution is 6.31. The maximum absolute atomic E-state index is 11.1. The Morgan fingerprint density at radius 2 is 2.24 bits per heavy atom. The highest BCUT2D eigenvalue weighted by Gasteiger charge is 2.34. The normalized spacial score (nSPS) is 15.2. The smallest absolute Gasteiger partial charge is 0.336 e. The second-order valence-electron chi connectivity index (χ2n) is 6.51. The van der Waals surface area contributed by atoms with Crippen molar-refractivity contribution in [1.82, 2.24) is 14.8 Å². The van der Waals surface area contributed by atoms with Crippen LogP contribution in [-0.2, 0) is 11.2 Å². The van der Waals surface area contributed by atoms with E-state index in [4.69, 9.17) is 22.1 Å². The molecule has 1 saturated carbocycles. The molecule has 2 aromatic rings. The molecule has 0 saturated heterocycles. The second kappa shape index (κ2) is 7.44. The molecule has 1 atom stereocenters. The van der Waals surface area contributed by atoms with Gasteiger partial charge in [-0.1, -0.05) is 18.5 Å². The quantitative estimate of drug-likeness (QED) is 0.781. The summed E-state index contributed by atoms with van der Waals surface area (Å²) in [6, 6.07) is 6.10. The van der Waals surface area contributed by atoms with Crippen molar-refractivity contribution in [3.8, 4) is 11.7 Å². The van der Waals surface area contributed by atoms with Crippen LogP contribution in [0.15, 0.2) is 18.2 Å². The lowest BCUT2D eigenvalue weighted by Crippen LogP contribution is -2.23. The first-order chi connectivity index (χ1) is 12.0.